The molecule has 0 fully saturated rings. The van der Waals surface area contributed by atoms with Gasteiger partial charge in [0.1, 0.15) is 11.8 Å². The summed E-state index contributed by atoms with van der Waals surface area (Å²) >= 11 is 0. The summed E-state index contributed by atoms with van der Waals surface area (Å²) in [7, 11) is -2.05. The Balaban J connectivity index is 2.20. The van der Waals surface area contributed by atoms with E-state index in [1.165, 1.54) is 4.31 Å². The minimum absolute atomic E-state index is 0.303. The van der Waals surface area contributed by atoms with Crippen LogP contribution in [0.5, 0.6) is 5.75 Å². The van der Waals surface area contributed by atoms with Crippen LogP contribution in [-0.2, 0) is 21.4 Å². The fourth-order valence-corrected chi connectivity index (χ4v) is 4.04. The number of aryl methyl sites for hydroxylation is 2. The molecule has 7 heteroatoms. The predicted molar refractivity (Wildman–Crippen MR) is 108 cm³/mol. The van der Waals surface area contributed by atoms with Gasteiger partial charge < -0.3 is 10.1 Å². The molecular formula is C20H26N2O4S. The molecule has 0 aromatic heterocycles. The molecule has 0 bridgehead atoms. The van der Waals surface area contributed by atoms with Crippen LogP contribution in [0.1, 0.15) is 23.6 Å². The van der Waals surface area contributed by atoms with Crippen LogP contribution in [-0.4, -0.2) is 33.7 Å². The lowest BCUT2D eigenvalue weighted by molar-refractivity contribution is -0.122. The molecular weight excluding hydrogens is 364 g/mol. The van der Waals surface area contributed by atoms with Crippen molar-refractivity contribution in [2.24, 2.45) is 0 Å². The molecule has 0 saturated heterocycles. The molecule has 0 aliphatic rings. The zero-order valence-corrected chi connectivity index (χ0v) is 17.1. The largest absolute Gasteiger partial charge is 0.497 e. The molecule has 2 aromatic rings. The molecule has 27 heavy (non-hydrogen) atoms. The molecule has 0 aliphatic heterocycles. The molecule has 1 atom stereocenters. The Kier molecular flexibility index (Phi) is 6.49. The van der Waals surface area contributed by atoms with Crippen LogP contribution in [0, 0.1) is 13.8 Å². The molecule has 0 saturated carbocycles. The maximum absolute atomic E-state index is 12.7. The highest BCUT2D eigenvalue weighted by Gasteiger charge is 2.30. The number of hydrogen-bond donors (Lipinski definition) is 1. The summed E-state index contributed by atoms with van der Waals surface area (Å²) in [5.74, 6) is 0.369. The summed E-state index contributed by atoms with van der Waals surface area (Å²) in [6.07, 6.45) is 1.11. The van der Waals surface area contributed by atoms with Crippen molar-refractivity contribution in [1.29, 1.82) is 0 Å². The molecule has 0 heterocycles. The van der Waals surface area contributed by atoms with Gasteiger partial charge in [0.25, 0.3) is 0 Å². The number of ether oxygens (including phenoxy) is 1. The summed E-state index contributed by atoms with van der Waals surface area (Å²) in [5, 5.41) is 2.81. The molecule has 0 aliphatic carbocycles. The Morgan fingerprint density at radius 3 is 2.33 bits per heavy atom. The minimum atomic E-state index is -3.64. The highest BCUT2D eigenvalue weighted by Crippen LogP contribution is 2.26. The molecule has 1 amide bonds. The van der Waals surface area contributed by atoms with E-state index < -0.39 is 16.1 Å². The van der Waals surface area contributed by atoms with Crippen molar-refractivity contribution in [2.75, 3.05) is 17.7 Å². The zero-order valence-electron chi connectivity index (χ0n) is 16.3. The van der Waals surface area contributed by atoms with Crippen LogP contribution in [0.25, 0.3) is 0 Å². The molecule has 0 spiro atoms. The van der Waals surface area contributed by atoms with Crippen LogP contribution in [0.15, 0.2) is 42.5 Å². The third kappa shape index (κ3) is 5.23. The van der Waals surface area contributed by atoms with E-state index >= 15 is 0 Å². The Hall–Kier alpha value is -2.54. The lowest BCUT2D eigenvalue weighted by atomic mass is 10.1. The monoisotopic (exact) mass is 390 g/mol. The maximum Gasteiger partial charge on any atom is 0.243 e. The van der Waals surface area contributed by atoms with E-state index in [-0.39, 0.29) is 5.91 Å². The Labute approximate surface area is 161 Å². The first-order chi connectivity index (χ1) is 12.6. The van der Waals surface area contributed by atoms with Gasteiger partial charge in [0.2, 0.25) is 15.9 Å². The number of nitrogens with one attached hydrogen (secondary N) is 1. The van der Waals surface area contributed by atoms with Gasteiger partial charge in [-0.15, -0.1) is 0 Å². The number of rotatable bonds is 7. The number of methoxy groups -OCH3 is 1. The quantitative estimate of drug-likeness (QED) is 0.789. The maximum atomic E-state index is 12.7. The number of anilines is 1. The first-order valence-corrected chi connectivity index (χ1v) is 10.5. The minimum Gasteiger partial charge on any atom is -0.497 e. The van der Waals surface area contributed by atoms with Crippen molar-refractivity contribution < 1.29 is 17.9 Å². The Morgan fingerprint density at radius 1 is 1.15 bits per heavy atom. The number of sulfonamides is 1. The van der Waals surface area contributed by atoms with Crippen molar-refractivity contribution in [1.82, 2.24) is 5.32 Å². The summed E-state index contributed by atoms with van der Waals surface area (Å²) in [4.78, 5) is 12.7. The van der Waals surface area contributed by atoms with Crippen LogP contribution >= 0.6 is 0 Å². The fraction of sp³-hybridized carbons (Fsp3) is 0.350. The average Bonchev–Trinajstić information content (AvgIpc) is 2.62. The first kappa shape index (κ1) is 20.8. The van der Waals surface area contributed by atoms with Crippen LogP contribution in [0.3, 0.4) is 0 Å². The Morgan fingerprint density at radius 2 is 1.78 bits per heavy atom. The fourth-order valence-electron chi connectivity index (χ4n) is 2.82. The number of carbonyl (C=O) groups excluding carboxylic acids is 1. The van der Waals surface area contributed by atoms with Crippen molar-refractivity contribution >= 4 is 21.6 Å². The second-order valence-electron chi connectivity index (χ2n) is 6.59. The van der Waals surface area contributed by atoms with Crippen LogP contribution in [0.4, 0.5) is 5.69 Å². The summed E-state index contributed by atoms with van der Waals surface area (Å²) in [5.41, 5.74) is 3.13. The van der Waals surface area contributed by atoms with E-state index in [1.807, 2.05) is 50.2 Å². The van der Waals surface area contributed by atoms with Gasteiger partial charge in [0, 0.05) is 6.54 Å². The van der Waals surface area contributed by atoms with Gasteiger partial charge in [0.15, 0.2) is 0 Å². The lowest BCUT2D eigenvalue weighted by Gasteiger charge is -2.29. The number of nitrogens with zero attached hydrogens (tertiary/aromatic N) is 1. The van der Waals surface area contributed by atoms with Gasteiger partial charge in [-0.3, -0.25) is 9.10 Å². The van der Waals surface area contributed by atoms with Crippen molar-refractivity contribution in [3.8, 4) is 5.75 Å². The standard InChI is InChI=1S/C20H26N2O4S/c1-14-6-7-15(2)19(12-14)22(27(5,24)25)16(3)20(23)21-13-17-8-10-18(26-4)11-9-17/h6-12,16H,13H2,1-5H3,(H,21,23)/t16-/m0/s1. The summed E-state index contributed by atoms with van der Waals surface area (Å²) < 4.78 is 31.1. The van der Waals surface area contributed by atoms with Crippen molar-refractivity contribution in [3.63, 3.8) is 0 Å². The van der Waals surface area contributed by atoms with Gasteiger partial charge in [-0.1, -0.05) is 24.3 Å². The van der Waals surface area contributed by atoms with Gasteiger partial charge >= 0.3 is 0 Å². The van der Waals surface area contributed by atoms with Gasteiger partial charge in [0.05, 0.1) is 19.1 Å². The third-order valence-corrected chi connectivity index (χ3v) is 5.54. The second kappa shape index (κ2) is 8.43. The molecule has 0 radical (unpaired) electrons. The molecule has 0 unspecified atom stereocenters. The van der Waals surface area contributed by atoms with E-state index in [1.54, 1.807) is 20.1 Å². The zero-order chi connectivity index (χ0) is 20.2. The smallest absolute Gasteiger partial charge is 0.243 e. The lowest BCUT2D eigenvalue weighted by Crippen LogP contribution is -2.48. The molecule has 2 rings (SSSR count). The van der Waals surface area contributed by atoms with E-state index in [2.05, 4.69) is 5.32 Å². The highest BCUT2D eigenvalue weighted by atomic mass is 32.2. The van der Waals surface area contributed by atoms with Gasteiger partial charge in [-0.05, 0) is 55.7 Å². The van der Waals surface area contributed by atoms with E-state index in [9.17, 15) is 13.2 Å². The van der Waals surface area contributed by atoms with Crippen molar-refractivity contribution in [3.05, 3.63) is 59.2 Å². The number of amides is 1. The van der Waals surface area contributed by atoms with Crippen molar-refractivity contribution in [2.45, 2.75) is 33.4 Å². The van der Waals surface area contributed by atoms with Gasteiger partial charge in [-0.2, -0.15) is 0 Å². The summed E-state index contributed by atoms with van der Waals surface area (Å²) in [6, 6.07) is 12.0. The molecule has 146 valence electrons. The normalized spacial score (nSPS) is 12.3. The molecule has 2 aromatic carbocycles. The summed E-state index contributed by atoms with van der Waals surface area (Å²) in [6.45, 7) is 5.61. The highest BCUT2D eigenvalue weighted by molar-refractivity contribution is 7.92. The number of carbonyl (C=O) groups is 1. The van der Waals surface area contributed by atoms with E-state index in [0.29, 0.717) is 12.2 Å². The van der Waals surface area contributed by atoms with E-state index in [0.717, 1.165) is 28.7 Å². The molecule has 6 nitrogen and oxygen atoms in total. The second-order valence-corrected chi connectivity index (χ2v) is 8.45. The van der Waals surface area contributed by atoms with Crippen LogP contribution in [0.2, 0.25) is 0 Å². The van der Waals surface area contributed by atoms with E-state index in [4.69, 9.17) is 4.74 Å². The SMILES string of the molecule is COc1ccc(CNC(=O)[C@H](C)N(c2cc(C)ccc2C)S(C)(=O)=O)cc1. The average molecular weight is 391 g/mol. The number of benzene rings is 2. The third-order valence-electron chi connectivity index (χ3n) is 4.32. The first-order valence-electron chi connectivity index (χ1n) is 8.60. The topological polar surface area (TPSA) is 75.7 Å². The predicted octanol–water partition coefficient (Wildman–Crippen LogP) is 2.78. The Bertz CT molecular complexity index is 908. The van der Waals surface area contributed by atoms with Crippen LogP contribution < -0.4 is 14.4 Å². The molecule has 1 N–H and O–H groups in total. The number of hydrogen-bond acceptors (Lipinski definition) is 4. The van der Waals surface area contributed by atoms with Gasteiger partial charge in [-0.25, -0.2) is 8.42 Å².